The van der Waals surface area contributed by atoms with Gasteiger partial charge in [0.25, 0.3) is 0 Å². The highest BCUT2D eigenvalue weighted by Gasteiger charge is 2.12. The molecule has 0 atom stereocenters. The van der Waals surface area contributed by atoms with Crippen molar-refractivity contribution >= 4 is 16.7 Å². The van der Waals surface area contributed by atoms with E-state index in [0.717, 1.165) is 40.8 Å². The van der Waals surface area contributed by atoms with Crippen molar-refractivity contribution in [2.24, 2.45) is 5.92 Å². The largest absolute Gasteiger partial charge is 0.491 e. The average Bonchev–Trinajstić information content (AvgIpc) is 2.86. The number of nitrogens with one attached hydrogen (secondary N) is 1. The van der Waals surface area contributed by atoms with Gasteiger partial charge in [0.15, 0.2) is 0 Å². The highest BCUT2D eigenvalue weighted by Crippen LogP contribution is 2.23. The van der Waals surface area contributed by atoms with Gasteiger partial charge in [0.05, 0.1) is 11.6 Å². The summed E-state index contributed by atoms with van der Waals surface area (Å²) in [4.78, 5) is 10.8. The number of para-hydroxylation sites is 1. The first-order valence-electron chi connectivity index (χ1n) is 12.8. The number of ether oxygens (including phenoxy) is 1. The molecule has 1 saturated carbocycles. The number of hydrogen-bond acceptors (Lipinski definition) is 5. The fraction of sp³-hybridized carbons (Fsp3) is 0.467. The van der Waals surface area contributed by atoms with Crippen molar-refractivity contribution in [1.82, 2.24) is 15.3 Å². The van der Waals surface area contributed by atoms with E-state index in [1.54, 1.807) is 0 Å². The van der Waals surface area contributed by atoms with E-state index in [2.05, 4.69) is 66.6 Å². The Kier molecular flexibility index (Phi) is 12.3. The van der Waals surface area contributed by atoms with Gasteiger partial charge in [-0.05, 0) is 75.9 Å². The number of anilines is 1. The third kappa shape index (κ3) is 9.69. The van der Waals surface area contributed by atoms with Crippen LogP contribution in [-0.4, -0.2) is 36.7 Å². The molecule has 1 N–H and O–H groups in total. The average molecular weight is 477 g/mol. The van der Waals surface area contributed by atoms with E-state index in [4.69, 9.17) is 4.74 Å². The maximum atomic E-state index is 5.65. The van der Waals surface area contributed by atoms with Crippen LogP contribution in [0, 0.1) is 12.8 Å². The third-order valence-corrected chi connectivity index (χ3v) is 5.90. The van der Waals surface area contributed by atoms with Gasteiger partial charge in [-0.25, -0.2) is 9.97 Å². The minimum absolute atomic E-state index is 0.246. The molecular formula is C30H44N4O. The summed E-state index contributed by atoms with van der Waals surface area (Å²) in [6.07, 6.45) is 7.35. The molecule has 0 aliphatic heterocycles. The molecular weight excluding hydrogens is 432 g/mol. The number of rotatable bonds is 7. The summed E-state index contributed by atoms with van der Waals surface area (Å²) in [7, 11) is 3.99. The second kappa shape index (κ2) is 15.2. The Morgan fingerprint density at radius 1 is 0.971 bits per heavy atom. The molecule has 0 bridgehead atoms. The number of hydrogen-bond donors (Lipinski definition) is 1. The predicted molar refractivity (Wildman–Crippen MR) is 150 cm³/mol. The van der Waals surface area contributed by atoms with Crippen molar-refractivity contribution in [3.63, 3.8) is 0 Å². The van der Waals surface area contributed by atoms with E-state index < -0.39 is 0 Å². The Balaban J connectivity index is 0.000000239. The zero-order chi connectivity index (χ0) is 25.6. The summed E-state index contributed by atoms with van der Waals surface area (Å²) in [6.45, 7) is 14.2. The van der Waals surface area contributed by atoms with Gasteiger partial charge >= 0.3 is 0 Å². The van der Waals surface area contributed by atoms with Crippen molar-refractivity contribution in [3.05, 3.63) is 73.1 Å². The summed E-state index contributed by atoms with van der Waals surface area (Å²) in [5.74, 6) is 3.66. The highest BCUT2D eigenvalue weighted by molar-refractivity contribution is 5.89. The Morgan fingerprint density at radius 3 is 2.26 bits per heavy atom. The quantitative estimate of drug-likeness (QED) is 0.374. The van der Waals surface area contributed by atoms with E-state index in [1.807, 2.05) is 50.2 Å². The van der Waals surface area contributed by atoms with Crippen molar-refractivity contribution in [3.8, 4) is 5.75 Å². The van der Waals surface area contributed by atoms with E-state index in [1.165, 1.54) is 44.2 Å². The van der Waals surface area contributed by atoms with Crippen molar-refractivity contribution in [1.29, 1.82) is 0 Å². The van der Waals surface area contributed by atoms with E-state index in [9.17, 15) is 0 Å². The van der Waals surface area contributed by atoms with Crippen LogP contribution in [0.4, 0.5) is 5.82 Å². The van der Waals surface area contributed by atoms with E-state index in [-0.39, 0.29) is 6.10 Å². The van der Waals surface area contributed by atoms with Crippen molar-refractivity contribution < 1.29 is 4.74 Å². The molecule has 1 aliphatic rings. The summed E-state index contributed by atoms with van der Waals surface area (Å²) in [5, 5.41) is 4.69. The van der Waals surface area contributed by atoms with Gasteiger partial charge in [-0.15, -0.1) is 13.2 Å². The van der Waals surface area contributed by atoms with E-state index in [0.29, 0.717) is 0 Å². The van der Waals surface area contributed by atoms with Crippen LogP contribution in [0.25, 0.3) is 10.9 Å². The third-order valence-electron chi connectivity index (χ3n) is 5.90. The lowest BCUT2D eigenvalue weighted by molar-refractivity contribution is 0.242. The molecule has 1 heterocycles. The van der Waals surface area contributed by atoms with Gasteiger partial charge in [0.1, 0.15) is 17.4 Å². The molecule has 5 nitrogen and oxygen atoms in total. The summed E-state index contributed by atoms with van der Waals surface area (Å²) in [5.41, 5.74) is 2.34. The number of benzene rings is 2. The fourth-order valence-electron chi connectivity index (χ4n) is 4.28. The number of aromatic nitrogens is 2. The first-order chi connectivity index (χ1) is 16.9. The standard InChI is InChI=1S/C17H27NO.C11H13N3.C2H4/c1-14(2)19-17-10-8-16(9-11-17)13-18-12-15-6-4-3-5-7-15;1-8-12-10-7-5-4-6-9(10)11(13-8)14(2)3;1-2/h8-11,14-15,18H,3-7,12-13H2,1-2H3;4-7H,1-3H3;1-2H2. The predicted octanol–water partition coefficient (Wildman–Crippen LogP) is 6.95. The molecule has 35 heavy (non-hydrogen) atoms. The molecule has 190 valence electrons. The van der Waals surface area contributed by atoms with Crippen LogP contribution in [0.2, 0.25) is 0 Å². The monoisotopic (exact) mass is 476 g/mol. The molecule has 2 aromatic carbocycles. The van der Waals surface area contributed by atoms with E-state index >= 15 is 0 Å². The molecule has 0 saturated heterocycles. The van der Waals surface area contributed by atoms with Gasteiger partial charge in [-0.2, -0.15) is 0 Å². The topological polar surface area (TPSA) is 50.3 Å². The Bertz CT molecular complexity index is 995. The Labute approximate surface area is 212 Å². The molecule has 5 heteroatoms. The summed E-state index contributed by atoms with van der Waals surface area (Å²) < 4.78 is 5.65. The molecule has 4 rings (SSSR count). The SMILES string of the molecule is C=C.CC(C)Oc1ccc(CNCC2CCCCC2)cc1.Cc1nc(N(C)C)c2ccccc2n1. The smallest absolute Gasteiger partial charge is 0.139 e. The maximum absolute atomic E-state index is 5.65. The van der Waals surface area contributed by atoms with Gasteiger partial charge in [-0.1, -0.05) is 43.5 Å². The van der Waals surface area contributed by atoms with Gasteiger partial charge in [0.2, 0.25) is 0 Å². The minimum Gasteiger partial charge on any atom is -0.491 e. The van der Waals surface area contributed by atoms with Crippen LogP contribution in [-0.2, 0) is 6.54 Å². The number of nitrogens with zero attached hydrogens (tertiary/aromatic N) is 3. The molecule has 1 aromatic heterocycles. The van der Waals surface area contributed by atoms with Crippen LogP contribution in [0.5, 0.6) is 5.75 Å². The van der Waals surface area contributed by atoms with Gasteiger partial charge in [0, 0.05) is 26.0 Å². The molecule has 0 unspecified atom stereocenters. The first kappa shape index (κ1) is 28.3. The van der Waals surface area contributed by atoms with Crippen molar-refractivity contribution in [2.75, 3.05) is 25.5 Å². The van der Waals surface area contributed by atoms with Crippen LogP contribution in [0.3, 0.4) is 0 Å². The van der Waals surface area contributed by atoms with Crippen LogP contribution in [0.15, 0.2) is 61.7 Å². The molecule has 0 spiro atoms. The summed E-state index contributed by atoms with van der Waals surface area (Å²) in [6, 6.07) is 16.5. The Hall–Kier alpha value is -2.92. The molecule has 0 amide bonds. The summed E-state index contributed by atoms with van der Waals surface area (Å²) >= 11 is 0. The zero-order valence-electron chi connectivity index (χ0n) is 22.4. The lowest BCUT2D eigenvalue weighted by Gasteiger charge is -2.21. The highest BCUT2D eigenvalue weighted by atomic mass is 16.5. The second-order valence-corrected chi connectivity index (χ2v) is 9.45. The minimum atomic E-state index is 0.246. The molecule has 1 fully saturated rings. The second-order valence-electron chi connectivity index (χ2n) is 9.45. The normalized spacial score (nSPS) is 13.4. The number of fused-ring (bicyclic) bond motifs is 1. The first-order valence-corrected chi connectivity index (χ1v) is 12.8. The number of aryl methyl sites for hydroxylation is 1. The Morgan fingerprint density at radius 2 is 1.63 bits per heavy atom. The van der Waals surface area contributed by atoms with Crippen LogP contribution >= 0.6 is 0 Å². The van der Waals surface area contributed by atoms with Crippen molar-refractivity contribution in [2.45, 2.75) is 65.5 Å². The zero-order valence-corrected chi connectivity index (χ0v) is 22.4. The fourth-order valence-corrected chi connectivity index (χ4v) is 4.28. The molecule has 0 radical (unpaired) electrons. The molecule has 3 aromatic rings. The lowest BCUT2D eigenvalue weighted by atomic mass is 9.89. The maximum Gasteiger partial charge on any atom is 0.139 e. The lowest BCUT2D eigenvalue weighted by Crippen LogP contribution is -2.24. The molecule has 1 aliphatic carbocycles. The van der Waals surface area contributed by atoms with Gasteiger partial charge < -0.3 is 15.0 Å². The van der Waals surface area contributed by atoms with Crippen LogP contribution < -0.4 is 15.0 Å². The van der Waals surface area contributed by atoms with Gasteiger partial charge in [-0.3, -0.25) is 0 Å². The van der Waals surface area contributed by atoms with Crippen LogP contribution in [0.1, 0.15) is 57.3 Å².